The zero-order valence-electron chi connectivity index (χ0n) is 18.4. The van der Waals surface area contributed by atoms with Crippen LogP contribution in [0.5, 0.6) is 0 Å². The summed E-state index contributed by atoms with van der Waals surface area (Å²) in [6, 6.07) is 16.8. The topological polar surface area (TPSA) is 105 Å². The molecule has 0 bridgehead atoms. The molecule has 8 nitrogen and oxygen atoms in total. The highest BCUT2D eigenvalue weighted by molar-refractivity contribution is 5.88. The summed E-state index contributed by atoms with van der Waals surface area (Å²) in [7, 11) is 0. The minimum Gasteiger partial charge on any atom is -0.481 e. The number of carboxylic acid groups (broad SMARTS) is 1. The number of fused-ring (bicyclic) bond motifs is 4. The maximum atomic E-state index is 13.3. The second kappa shape index (κ2) is 7.95. The van der Waals surface area contributed by atoms with Gasteiger partial charge in [0.2, 0.25) is 0 Å². The summed E-state index contributed by atoms with van der Waals surface area (Å²) >= 11 is 0. The number of aromatic amines is 1. The van der Waals surface area contributed by atoms with E-state index >= 15 is 0 Å². The molecular formula is C25H25N3O5. The van der Waals surface area contributed by atoms with E-state index < -0.39 is 24.0 Å². The lowest BCUT2D eigenvalue weighted by Crippen LogP contribution is -2.51. The van der Waals surface area contributed by atoms with Gasteiger partial charge in [-0.25, -0.2) is 4.79 Å². The Morgan fingerprint density at radius 1 is 1.00 bits per heavy atom. The van der Waals surface area contributed by atoms with Crippen molar-refractivity contribution in [3.63, 3.8) is 0 Å². The fourth-order valence-electron chi connectivity index (χ4n) is 5.35. The van der Waals surface area contributed by atoms with Crippen molar-refractivity contribution in [2.24, 2.45) is 5.92 Å². The first-order valence-corrected chi connectivity index (χ1v) is 11.0. The van der Waals surface area contributed by atoms with Crippen molar-refractivity contribution in [3.8, 4) is 11.1 Å². The number of carboxylic acids is 1. The second-order valence-electron chi connectivity index (χ2n) is 8.77. The largest absolute Gasteiger partial charge is 0.481 e. The second-order valence-corrected chi connectivity index (χ2v) is 8.77. The van der Waals surface area contributed by atoms with Crippen molar-refractivity contribution < 1.29 is 19.4 Å². The normalized spacial score (nSPS) is 21.3. The SMILES string of the molecule is CC1C(CC(=O)O)C(C)n2[nH]c(=O)cc2N1C(=O)OCC1c2ccccc2-c2ccccc21. The molecule has 0 saturated carbocycles. The summed E-state index contributed by atoms with van der Waals surface area (Å²) in [6.07, 6.45) is -0.728. The van der Waals surface area contributed by atoms with E-state index in [1.807, 2.05) is 43.3 Å². The van der Waals surface area contributed by atoms with E-state index in [1.165, 1.54) is 11.0 Å². The van der Waals surface area contributed by atoms with Gasteiger partial charge in [-0.3, -0.25) is 24.3 Å². The van der Waals surface area contributed by atoms with Gasteiger partial charge in [0.1, 0.15) is 12.4 Å². The van der Waals surface area contributed by atoms with Gasteiger partial charge in [-0.05, 0) is 36.1 Å². The van der Waals surface area contributed by atoms with E-state index in [0.717, 1.165) is 22.3 Å². The molecule has 1 aliphatic heterocycles. The fraction of sp³-hybridized carbons (Fsp3) is 0.320. The summed E-state index contributed by atoms with van der Waals surface area (Å²) < 4.78 is 7.38. The highest BCUT2D eigenvalue weighted by Gasteiger charge is 2.42. The number of nitrogens with one attached hydrogen (secondary N) is 1. The van der Waals surface area contributed by atoms with Crippen molar-refractivity contribution in [1.82, 2.24) is 9.78 Å². The monoisotopic (exact) mass is 447 g/mol. The molecule has 2 aromatic carbocycles. The highest BCUT2D eigenvalue weighted by atomic mass is 16.6. The number of carbonyl (C=O) groups is 2. The van der Waals surface area contributed by atoms with Crippen LogP contribution in [-0.4, -0.2) is 39.6 Å². The number of nitrogens with zero attached hydrogens (tertiary/aromatic N) is 2. The number of hydrogen-bond donors (Lipinski definition) is 2. The van der Waals surface area contributed by atoms with Crippen molar-refractivity contribution >= 4 is 17.9 Å². The van der Waals surface area contributed by atoms with E-state index in [4.69, 9.17) is 4.74 Å². The van der Waals surface area contributed by atoms with Crippen LogP contribution < -0.4 is 10.5 Å². The number of amides is 1. The van der Waals surface area contributed by atoms with Gasteiger partial charge in [-0.2, -0.15) is 0 Å². The highest BCUT2D eigenvalue weighted by Crippen LogP contribution is 2.45. The Hall–Kier alpha value is -3.81. The van der Waals surface area contributed by atoms with Crippen LogP contribution >= 0.6 is 0 Å². The Kier molecular flexibility index (Phi) is 5.08. The molecule has 1 amide bonds. The van der Waals surface area contributed by atoms with Gasteiger partial charge in [-0.15, -0.1) is 0 Å². The number of anilines is 1. The predicted octanol–water partition coefficient (Wildman–Crippen LogP) is 3.99. The number of rotatable bonds is 4. The Labute approximate surface area is 190 Å². The minimum atomic E-state index is -0.954. The van der Waals surface area contributed by atoms with E-state index in [0.29, 0.717) is 5.82 Å². The van der Waals surface area contributed by atoms with Gasteiger partial charge in [0.15, 0.2) is 0 Å². The molecule has 3 aromatic rings. The van der Waals surface area contributed by atoms with Gasteiger partial charge >= 0.3 is 12.1 Å². The molecular weight excluding hydrogens is 422 g/mol. The number of H-pyrrole nitrogens is 1. The molecule has 3 unspecified atom stereocenters. The zero-order chi connectivity index (χ0) is 23.3. The lowest BCUT2D eigenvalue weighted by Gasteiger charge is -2.42. The zero-order valence-corrected chi connectivity index (χ0v) is 18.4. The van der Waals surface area contributed by atoms with E-state index in [9.17, 15) is 19.5 Å². The maximum Gasteiger partial charge on any atom is 0.415 e. The van der Waals surface area contributed by atoms with Crippen LogP contribution in [0.4, 0.5) is 10.6 Å². The standard InChI is InChI=1S/C25H25N3O5/c1-14-20(11-24(30)31)15(2)28-23(12-22(29)26-28)27(14)25(32)33-13-21-18-9-5-3-7-16(18)17-8-4-6-10-19(17)21/h3-10,12,14-15,20-21H,11,13H2,1-2H3,(H,26,29)(H,30,31). The van der Waals surface area contributed by atoms with Crippen molar-refractivity contribution in [3.05, 3.63) is 76.1 Å². The van der Waals surface area contributed by atoms with Crippen LogP contribution in [0.2, 0.25) is 0 Å². The van der Waals surface area contributed by atoms with Gasteiger partial charge in [-0.1, -0.05) is 48.5 Å². The predicted molar refractivity (Wildman–Crippen MR) is 123 cm³/mol. The Morgan fingerprint density at radius 2 is 1.61 bits per heavy atom. The lowest BCUT2D eigenvalue weighted by atomic mass is 9.87. The molecule has 1 aliphatic carbocycles. The summed E-state index contributed by atoms with van der Waals surface area (Å²) in [5, 5.41) is 12.1. The first-order valence-electron chi connectivity index (χ1n) is 11.0. The molecule has 2 aliphatic rings. The number of aliphatic carboxylic acids is 1. The number of hydrogen-bond acceptors (Lipinski definition) is 4. The molecule has 0 fully saturated rings. The van der Waals surface area contributed by atoms with Gasteiger partial charge in [0, 0.05) is 23.9 Å². The molecule has 170 valence electrons. The van der Waals surface area contributed by atoms with Crippen LogP contribution in [0.3, 0.4) is 0 Å². The van der Waals surface area contributed by atoms with Crippen LogP contribution in [0.15, 0.2) is 59.4 Å². The van der Waals surface area contributed by atoms with E-state index in [-0.39, 0.29) is 30.5 Å². The quantitative estimate of drug-likeness (QED) is 0.629. The number of ether oxygens (including phenoxy) is 1. The molecule has 3 atom stereocenters. The molecule has 2 heterocycles. The number of aromatic nitrogens is 2. The molecule has 1 aromatic heterocycles. The van der Waals surface area contributed by atoms with Crippen LogP contribution in [-0.2, 0) is 9.53 Å². The number of benzene rings is 2. The molecule has 5 rings (SSSR count). The van der Waals surface area contributed by atoms with Crippen LogP contribution in [0.25, 0.3) is 11.1 Å². The van der Waals surface area contributed by atoms with E-state index in [2.05, 4.69) is 17.2 Å². The summed E-state index contributed by atoms with van der Waals surface area (Å²) in [6.45, 7) is 3.79. The molecule has 0 saturated heterocycles. The van der Waals surface area contributed by atoms with Crippen LogP contribution in [0.1, 0.15) is 43.4 Å². The van der Waals surface area contributed by atoms with Crippen molar-refractivity contribution in [1.29, 1.82) is 0 Å². The Balaban J connectivity index is 1.43. The summed E-state index contributed by atoms with van der Waals surface area (Å²) in [5.41, 5.74) is 4.13. The summed E-state index contributed by atoms with van der Waals surface area (Å²) in [4.78, 5) is 38.3. The molecule has 0 spiro atoms. The molecule has 8 heteroatoms. The Morgan fingerprint density at radius 3 is 2.21 bits per heavy atom. The fourth-order valence-corrected chi connectivity index (χ4v) is 5.35. The third-order valence-corrected chi connectivity index (χ3v) is 6.98. The first kappa shape index (κ1) is 21.1. The smallest absolute Gasteiger partial charge is 0.415 e. The van der Waals surface area contributed by atoms with Crippen molar-refractivity contribution in [2.75, 3.05) is 11.5 Å². The van der Waals surface area contributed by atoms with Gasteiger partial charge in [0.05, 0.1) is 12.5 Å². The molecule has 33 heavy (non-hydrogen) atoms. The molecule has 0 radical (unpaired) electrons. The molecule has 2 N–H and O–H groups in total. The lowest BCUT2D eigenvalue weighted by molar-refractivity contribution is -0.138. The van der Waals surface area contributed by atoms with Gasteiger partial charge in [0.25, 0.3) is 5.56 Å². The van der Waals surface area contributed by atoms with Crippen LogP contribution in [0, 0.1) is 5.92 Å². The van der Waals surface area contributed by atoms with E-state index in [1.54, 1.807) is 11.6 Å². The Bertz CT molecular complexity index is 1250. The maximum absolute atomic E-state index is 13.3. The average molecular weight is 447 g/mol. The van der Waals surface area contributed by atoms with Gasteiger partial charge < -0.3 is 9.84 Å². The van der Waals surface area contributed by atoms with Crippen molar-refractivity contribution in [2.45, 2.75) is 38.3 Å². The first-order chi connectivity index (χ1) is 15.9. The third kappa shape index (κ3) is 3.42. The average Bonchev–Trinajstić information content (AvgIpc) is 3.33. The third-order valence-electron chi connectivity index (χ3n) is 6.98. The summed E-state index contributed by atoms with van der Waals surface area (Å²) in [5.74, 6) is -1.05. The number of carbonyl (C=O) groups excluding carboxylic acids is 1. The minimum absolute atomic E-state index is 0.0939.